The Morgan fingerprint density at radius 2 is 2.35 bits per heavy atom. The Hall–Kier alpha value is -1.50. The van der Waals surface area contributed by atoms with Gasteiger partial charge >= 0.3 is 5.97 Å². The maximum atomic E-state index is 11.5. The molecule has 0 aliphatic heterocycles. The first-order valence-electron chi connectivity index (χ1n) is 5.10. The zero-order valence-corrected chi connectivity index (χ0v) is 10.4. The van der Waals surface area contributed by atoms with Gasteiger partial charge in [-0.15, -0.1) is 11.8 Å². The molecule has 2 N–H and O–H groups in total. The molecule has 0 spiro atoms. The molecule has 1 atom stereocenters. The number of carboxylic acid groups (broad SMARTS) is 1. The lowest BCUT2D eigenvalue weighted by Crippen LogP contribution is -2.20. The van der Waals surface area contributed by atoms with Crippen molar-refractivity contribution in [2.75, 3.05) is 11.1 Å². The van der Waals surface area contributed by atoms with E-state index in [1.807, 2.05) is 0 Å². The second kappa shape index (κ2) is 6.29. The fourth-order valence-electron chi connectivity index (χ4n) is 1.14. The Kier molecular flexibility index (Phi) is 5.02. The lowest BCUT2D eigenvalue weighted by molar-refractivity contribution is -0.136. The van der Waals surface area contributed by atoms with Gasteiger partial charge in [-0.1, -0.05) is 12.1 Å². The van der Waals surface area contributed by atoms with Gasteiger partial charge in [0, 0.05) is 6.07 Å². The van der Waals surface area contributed by atoms with Gasteiger partial charge in [-0.25, -0.2) is 0 Å². The molecule has 94 valence electrons. The molecular weight excluding hydrogens is 244 g/mol. The van der Waals surface area contributed by atoms with Gasteiger partial charge in [0.1, 0.15) is 5.25 Å². The van der Waals surface area contributed by atoms with Gasteiger partial charge in [-0.05, 0) is 13.3 Å². The van der Waals surface area contributed by atoms with Gasteiger partial charge < -0.3 is 9.63 Å². The number of anilines is 1. The van der Waals surface area contributed by atoms with E-state index in [2.05, 4.69) is 10.5 Å². The molecule has 1 heterocycles. The highest BCUT2D eigenvalue weighted by Gasteiger charge is 2.17. The van der Waals surface area contributed by atoms with Crippen LogP contribution < -0.4 is 5.32 Å². The van der Waals surface area contributed by atoms with Gasteiger partial charge in [0.15, 0.2) is 0 Å². The molecule has 1 amide bonds. The standard InChI is InChI=1S/C10H14N2O4S/c1-3-7(10(14)15)17-5-8(13)11-9-4-6(2)12-16-9/h4,7H,3,5H2,1-2H3,(H,11,13)(H,14,15). The molecule has 7 heteroatoms. The largest absolute Gasteiger partial charge is 0.480 e. The van der Waals surface area contributed by atoms with E-state index in [0.29, 0.717) is 12.1 Å². The molecule has 0 aliphatic rings. The smallest absolute Gasteiger partial charge is 0.316 e. The van der Waals surface area contributed by atoms with Crippen LogP contribution in [-0.4, -0.2) is 33.1 Å². The summed E-state index contributed by atoms with van der Waals surface area (Å²) in [6.07, 6.45) is 0.481. The number of aryl methyl sites for hydroxylation is 1. The van der Waals surface area contributed by atoms with Gasteiger partial charge in [-0.3, -0.25) is 14.9 Å². The average Bonchev–Trinajstić information content (AvgIpc) is 2.64. The highest BCUT2D eigenvalue weighted by atomic mass is 32.2. The number of carboxylic acids is 1. The van der Waals surface area contributed by atoms with Crippen LogP contribution in [0.5, 0.6) is 0 Å². The lowest BCUT2D eigenvalue weighted by Gasteiger charge is -2.08. The number of thioether (sulfide) groups is 1. The summed E-state index contributed by atoms with van der Waals surface area (Å²) in [6.45, 7) is 3.51. The van der Waals surface area contributed by atoms with Crippen LogP contribution in [0.4, 0.5) is 5.88 Å². The number of carbonyl (C=O) groups is 2. The van der Waals surface area contributed by atoms with Crippen molar-refractivity contribution in [3.05, 3.63) is 11.8 Å². The third-order valence-corrected chi connectivity index (χ3v) is 3.32. The first-order valence-corrected chi connectivity index (χ1v) is 6.15. The number of hydrogen-bond acceptors (Lipinski definition) is 5. The van der Waals surface area contributed by atoms with E-state index in [0.717, 1.165) is 11.8 Å². The number of rotatable bonds is 6. The molecule has 0 bridgehead atoms. The van der Waals surface area contributed by atoms with E-state index in [4.69, 9.17) is 9.63 Å². The minimum Gasteiger partial charge on any atom is -0.480 e. The fraction of sp³-hybridized carbons (Fsp3) is 0.500. The Morgan fingerprint density at radius 1 is 1.65 bits per heavy atom. The highest BCUT2D eigenvalue weighted by molar-refractivity contribution is 8.01. The first kappa shape index (κ1) is 13.6. The zero-order chi connectivity index (χ0) is 12.8. The van der Waals surface area contributed by atoms with Crippen LogP contribution >= 0.6 is 11.8 Å². The van der Waals surface area contributed by atoms with Crippen LogP contribution in [-0.2, 0) is 9.59 Å². The van der Waals surface area contributed by atoms with Gasteiger partial charge in [0.25, 0.3) is 0 Å². The van der Waals surface area contributed by atoms with Gasteiger partial charge in [0.05, 0.1) is 11.4 Å². The Balaban J connectivity index is 2.37. The number of hydrogen-bond donors (Lipinski definition) is 2. The molecule has 0 fully saturated rings. The van der Waals surface area contributed by atoms with Crippen molar-refractivity contribution in [2.24, 2.45) is 0 Å². The van der Waals surface area contributed by atoms with Crippen LogP contribution in [0.2, 0.25) is 0 Å². The number of aliphatic carboxylic acids is 1. The van der Waals surface area contributed by atoms with E-state index in [1.54, 1.807) is 19.9 Å². The monoisotopic (exact) mass is 258 g/mol. The average molecular weight is 258 g/mol. The van der Waals surface area contributed by atoms with Crippen LogP contribution in [0.25, 0.3) is 0 Å². The van der Waals surface area contributed by atoms with Crippen molar-refractivity contribution >= 4 is 29.5 Å². The molecule has 0 aliphatic carbocycles. The number of amides is 1. The minimum atomic E-state index is -0.902. The molecular formula is C10H14N2O4S. The van der Waals surface area contributed by atoms with E-state index < -0.39 is 11.2 Å². The first-order chi connectivity index (χ1) is 8.02. The topological polar surface area (TPSA) is 92.4 Å². The number of aromatic nitrogens is 1. The zero-order valence-electron chi connectivity index (χ0n) is 9.60. The summed E-state index contributed by atoms with van der Waals surface area (Å²) in [4.78, 5) is 22.2. The summed E-state index contributed by atoms with van der Waals surface area (Å²) in [6, 6.07) is 1.59. The summed E-state index contributed by atoms with van der Waals surface area (Å²) in [5, 5.41) is 14.4. The molecule has 1 rings (SSSR count). The van der Waals surface area contributed by atoms with Crippen molar-refractivity contribution < 1.29 is 19.2 Å². The summed E-state index contributed by atoms with van der Waals surface area (Å²) in [7, 11) is 0. The van der Waals surface area contributed by atoms with Crippen molar-refractivity contribution in [1.29, 1.82) is 0 Å². The SMILES string of the molecule is CCC(SCC(=O)Nc1cc(C)no1)C(=O)O. The van der Waals surface area contributed by atoms with E-state index >= 15 is 0 Å². The summed E-state index contributed by atoms with van der Waals surface area (Å²) >= 11 is 1.09. The van der Waals surface area contributed by atoms with Crippen molar-refractivity contribution in [3.8, 4) is 0 Å². The quantitative estimate of drug-likeness (QED) is 0.803. The molecule has 1 aromatic rings. The number of carbonyl (C=O) groups excluding carboxylic acids is 1. The van der Waals surface area contributed by atoms with Crippen LogP contribution in [0.1, 0.15) is 19.0 Å². The molecule has 0 saturated carbocycles. The number of nitrogens with zero attached hydrogens (tertiary/aromatic N) is 1. The molecule has 1 unspecified atom stereocenters. The summed E-state index contributed by atoms with van der Waals surface area (Å²) in [5.74, 6) is -0.854. The molecule has 1 aromatic heterocycles. The van der Waals surface area contributed by atoms with E-state index in [-0.39, 0.29) is 17.5 Å². The fourth-order valence-corrected chi connectivity index (χ4v) is 1.94. The summed E-state index contributed by atoms with van der Waals surface area (Å²) in [5.41, 5.74) is 0.671. The van der Waals surface area contributed by atoms with Crippen molar-refractivity contribution in [3.63, 3.8) is 0 Å². The summed E-state index contributed by atoms with van der Waals surface area (Å²) < 4.78 is 4.81. The normalized spacial score (nSPS) is 12.1. The third kappa shape index (κ3) is 4.48. The van der Waals surface area contributed by atoms with Gasteiger partial charge in [-0.2, -0.15) is 0 Å². The number of nitrogens with one attached hydrogen (secondary N) is 1. The predicted octanol–water partition coefficient (Wildman–Crippen LogP) is 1.52. The molecule has 6 nitrogen and oxygen atoms in total. The lowest BCUT2D eigenvalue weighted by atomic mass is 10.3. The van der Waals surface area contributed by atoms with Crippen molar-refractivity contribution in [1.82, 2.24) is 5.16 Å². The Labute approximate surface area is 103 Å². The van der Waals surface area contributed by atoms with Crippen LogP contribution in [0.15, 0.2) is 10.6 Å². The van der Waals surface area contributed by atoms with Gasteiger partial charge in [0.2, 0.25) is 11.8 Å². The molecule has 0 aromatic carbocycles. The maximum Gasteiger partial charge on any atom is 0.316 e. The Morgan fingerprint density at radius 3 is 2.82 bits per heavy atom. The Bertz CT molecular complexity index is 405. The van der Waals surface area contributed by atoms with Crippen molar-refractivity contribution in [2.45, 2.75) is 25.5 Å². The highest BCUT2D eigenvalue weighted by Crippen LogP contribution is 2.15. The van der Waals surface area contributed by atoms with E-state index in [9.17, 15) is 9.59 Å². The molecule has 0 radical (unpaired) electrons. The predicted molar refractivity (Wildman–Crippen MR) is 64.0 cm³/mol. The second-order valence-electron chi connectivity index (χ2n) is 3.43. The third-order valence-electron chi connectivity index (χ3n) is 1.95. The van der Waals surface area contributed by atoms with Crippen LogP contribution in [0, 0.1) is 6.92 Å². The van der Waals surface area contributed by atoms with Crippen LogP contribution in [0.3, 0.4) is 0 Å². The maximum absolute atomic E-state index is 11.5. The molecule has 0 saturated heterocycles. The minimum absolute atomic E-state index is 0.0740. The molecule has 17 heavy (non-hydrogen) atoms. The van der Waals surface area contributed by atoms with E-state index in [1.165, 1.54) is 0 Å². The second-order valence-corrected chi connectivity index (χ2v) is 4.62.